The summed E-state index contributed by atoms with van der Waals surface area (Å²) in [6.45, 7) is 3.83. The van der Waals surface area contributed by atoms with Gasteiger partial charge in [-0.05, 0) is 25.0 Å². The van der Waals surface area contributed by atoms with E-state index in [1.54, 1.807) is 0 Å². The molecule has 2 N–H and O–H groups in total. The number of aryl methyl sites for hydroxylation is 2. The van der Waals surface area contributed by atoms with E-state index < -0.39 is 12.1 Å². The molecule has 108 valence electrons. The molecule has 1 fully saturated rings. The fourth-order valence-corrected chi connectivity index (χ4v) is 2.18. The lowest BCUT2D eigenvalue weighted by molar-refractivity contribution is -0.145. The Morgan fingerprint density at radius 1 is 1.45 bits per heavy atom. The molecular formula is C14H18N2O4. The van der Waals surface area contributed by atoms with Gasteiger partial charge in [0, 0.05) is 6.54 Å². The van der Waals surface area contributed by atoms with Crippen molar-refractivity contribution in [3.8, 4) is 0 Å². The smallest absolute Gasteiger partial charge is 0.351 e. The predicted molar refractivity (Wildman–Crippen MR) is 72.8 cm³/mol. The van der Waals surface area contributed by atoms with Gasteiger partial charge < -0.3 is 14.8 Å². The van der Waals surface area contributed by atoms with Crippen molar-refractivity contribution in [3.05, 3.63) is 29.3 Å². The van der Waals surface area contributed by atoms with Crippen molar-refractivity contribution in [1.82, 2.24) is 4.90 Å². The summed E-state index contributed by atoms with van der Waals surface area (Å²) >= 11 is 0. The van der Waals surface area contributed by atoms with Crippen molar-refractivity contribution in [2.75, 3.05) is 18.6 Å². The molecule has 1 heterocycles. The molecule has 0 spiro atoms. The summed E-state index contributed by atoms with van der Waals surface area (Å²) < 4.78 is 0. The number of nitrogens with zero attached hydrogens (tertiary/aromatic N) is 1. The van der Waals surface area contributed by atoms with Gasteiger partial charge >= 0.3 is 5.97 Å². The molecule has 1 atom stereocenters. The number of hydrogen-bond donors (Lipinski definition) is 2. The van der Waals surface area contributed by atoms with Crippen molar-refractivity contribution in [2.45, 2.75) is 26.4 Å². The molecule has 0 aliphatic carbocycles. The number of hydrogen-bond acceptors (Lipinski definition) is 5. The molecule has 20 heavy (non-hydrogen) atoms. The summed E-state index contributed by atoms with van der Waals surface area (Å²) in [5, 5.41) is 9.33. The van der Waals surface area contributed by atoms with Gasteiger partial charge in [-0.15, -0.1) is 0 Å². The van der Waals surface area contributed by atoms with E-state index in [2.05, 4.69) is 5.48 Å². The first-order chi connectivity index (χ1) is 9.47. The van der Waals surface area contributed by atoms with E-state index in [9.17, 15) is 14.7 Å². The Kier molecular flexibility index (Phi) is 4.24. The van der Waals surface area contributed by atoms with E-state index in [0.29, 0.717) is 0 Å². The van der Waals surface area contributed by atoms with Crippen LogP contribution in [0.4, 0.5) is 5.69 Å². The molecule has 1 aromatic rings. The Hall–Kier alpha value is -2.08. The number of para-hydroxylation sites is 1. The minimum atomic E-state index is -0.693. The standard InChI is InChI=1S/C14H18N2O4/c1-9-4-3-5-10(2)14(9)15-20-13(19)8-16-7-11(17)6-12(16)18/h3-5,11,15,17H,6-8H2,1-2H3. The van der Waals surface area contributed by atoms with Crippen LogP contribution in [0.1, 0.15) is 17.5 Å². The van der Waals surface area contributed by atoms with Crippen LogP contribution in [0.25, 0.3) is 0 Å². The van der Waals surface area contributed by atoms with E-state index >= 15 is 0 Å². The first kappa shape index (κ1) is 14.3. The summed E-state index contributed by atoms with van der Waals surface area (Å²) in [5.74, 6) is -0.795. The number of β-amino-alcohol motifs (C(OH)–C–C–N with tert-alkyl or cyclic N) is 1. The second kappa shape index (κ2) is 5.92. The lowest BCUT2D eigenvalue weighted by atomic mass is 10.1. The highest BCUT2D eigenvalue weighted by Gasteiger charge is 2.29. The Morgan fingerprint density at radius 3 is 2.65 bits per heavy atom. The number of carbonyl (C=O) groups is 2. The SMILES string of the molecule is Cc1cccc(C)c1NOC(=O)CN1CC(O)CC1=O. The minimum absolute atomic E-state index is 0.0671. The van der Waals surface area contributed by atoms with Crippen LogP contribution in [0.5, 0.6) is 0 Å². The first-order valence-electron chi connectivity index (χ1n) is 6.45. The molecule has 1 aliphatic heterocycles. The number of anilines is 1. The lowest BCUT2D eigenvalue weighted by Gasteiger charge is -2.16. The monoisotopic (exact) mass is 278 g/mol. The number of benzene rings is 1. The van der Waals surface area contributed by atoms with Crippen molar-refractivity contribution in [3.63, 3.8) is 0 Å². The number of carbonyl (C=O) groups excluding carboxylic acids is 2. The molecule has 0 saturated carbocycles. The molecule has 1 amide bonds. The van der Waals surface area contributed by atoms with Gasteiger partial charge in [0.25, 0.3) is 0 Å². The number of nitrogens with one attached hydrogen (secondary N) is 1. The fraction of sp³-hybridized carbons (Fsp3) is 0.429. The zero-order valence-corrected chi connectivity index (χ0v) is 11.5. The normalized spacial score (nSPS) is 18.2. The van der Waals surface area contributed by atoms with E-state index in [4.69, 9.17) is 4.84 Å². The van der Waals surface area contributed by atoms with Crippen LogP contribution in [0, 0.1) is 13.8 Å². The fourth-order valence-electron chi connectivity index (χ4n) is 2.18. The van der Waals surface area contributed by atoms with Gasteiger partial charge in [-0.3, -0.25) is 4.79 Å². The third-order valence-electron chi connectivity index (χ3n) is 3.26. The Balaban J connectivity index is 1.88. The van der Waals surface area contributed by atoms with E-state index in [-0.39, 0.29) is 25.4 Å². The molecule has 1 aromatic carbocycles. The van der Waals surface area contributed by atoms with Crippen molar-refractivity contribution in [1.29, 1.82) is 0 Å². The van der Waals surface area contributed by atoms with Crippen molar-refractivity contribution in [2.24, 2.45) is 0 Å². The maximum absolute atomic E-state index is 11.7. The summed E-state index contributed by atoms with van der Waals surface area (Å²) in [5.41, 5.74) is 5.30. The summed E-state index contributed by atoms with van der Waals surface area (Å²) in [6, 6.07) is 5.73. The van der Waals surface area contributed by atoms with Gasteiger partial charge in [-0.1, -0.05) is 18.2 Å². The zero-order chi connectivity index (χ0) is 14.7. The molecule has 0 aromatic heterocycles. The van der Waals surface area contributed by atoms with Gasteiger partial charge in [0.15, 0.2) is 0 Å². The molecule has 1 unspecified atom stereocenters. The van der Waals surface area contributed by atoms with E-state index in [1.165, 1.54) is 4.90 Å². The largest absolute Gasteiger partial charge is 0.391 e. The maximum Gasteiger partial charge on any atom is 0.351 e. The molecule has 1 saturated heterocycles. The highest BCUT2D eigenvalue weighted by molar-refractivity contribution is 5.84. The van der Waals surface area contributed by atoms with Crippen LogP contribution in [-0.2, 0) is 14.4 Å². The molecule has 1 aliphatic rings. The highest BCUT2D eigenvalue weighted by Crippen LogP contribution is 2.19. The number of rotatable bonds is 4. The zero-order valence-electron chi connectivity index (χ0n) is 11.5. The molecule has 0 bridgehead atoms. The number of aliphatic hydroxyl groups excluding tert-OH is 1. The molecular weight excluding hydrogens is 260 g/mol. The summed E-state index contributed by atoms with van der Waals surface area (Å²) in [4.78, 5) is 29.4. The number of likely N-dealkylation sites (tertiary alicyclic amines) is 1. The van der Waals surface area contributed by atoms with Gasteiger partial charge in [-0.25, -0.2) is 10.3 Å². The minimum Gasteiger partial charge on any atom is -0.391 e. The molecule has 6 heteroatoms. The quantitative estimate of drug-likeness (QED) is 0.795. The average Bonchev–Trinajstić information content (AvgIpc) is 2.67. The van der Waals surface area contributed by atoms with Crippen LogP contribution in [0.3, 0.4) is 0 Å². The van der Waals surface area contributed by atoms with Crippen LogP contribution < -0.4 is 5.48 Å². The second-order valence-corrected chi connectivity index (χ2v) is 4.98. The van der Waals surface area contributed by atoms with Crippen LogP contribution in [-0.4, -0.2) is 41.1 Å². The summed E-state index contributed by atoms with van der Waals surface area (Å²) in [6.07, 6.45) is -0.626. The molecule has 6 nitrogen and oxygen atoms in total. The van der Waals surface area contributed by atoms with Gasteiger partial charge in [0.05, 0.1) is 18.2 Å². The third-order valence-corrected chi connectivity index (χ3v) is 3.26. The van der Waals surface area contributed by atoms with Crippen molar-refractivity contribution < 1.29 is 19.5 Å². The van der Waals surface area contributed by atoms with Crippen molar-refractivity contribution >= 4 is 17.6 Å². The second-order valence-electron chi connectivity index (χ2n) is 4.98. The number of aliphatic hydroxyl groups is 1. The average molecular weight is 278 g/mol. The summed E-state index contributed by atoms with van der Waals surface area (Å²) in [7, 11) is 0. The Bertz CT molecular complexity index is 510. The van der Waals surface area contributed by atoms with Gasteiger partial charge in [0.2, 0.25) is 5.91 Å². The van der Waals surface area contributed by atoms with Gasteiger partial charge in [-0.2, -0.15) is 0 Å². The topological polar surface area (TPSA) is 78.9 Å². The first-order valence-corrected chi connectivity index (χ1v) is 6.45. The van der Waals surface area contributed by atoms with Crippen LogP contribution in [0.15, 0.2) is 18.2 Å². The molecule has 0 radical (unpaired) electrons. The molecule has 2 rings (SSSR count). The van der Waals surface area contributed by atoms with Crippen LogP contribution in [0.2, 0.25) is 0 Å². The Morgan fingerprint density at radius 2 is 2.10 bits per heavy atom. The van der Waals surface area contributed by atoms with Gasteiger partial charge in [0.1, 0.15) is 6.54 Å². The highest BCUT2D eigenvalue weighted by atomic mass is 16.7. The Labute approximate surface area is 117 Å². The van der Waals surface area contributed by atoms with Crippen LogP contribution >= 0.6 is 0 Å². The van der Waals surface area contributed by atoms with E-state index in [0.717, 1.165) is 16.8 Å². The predicted octanol–water partition coefficient (Wildman–Crippen LogP) is 0.767. The number of amides is 1. The third kappa shape index (κ3) is 3.27. The van der Waals surface area contributed by atoms with E-state index in [1.807, 2.05) is 32.0 Å². The maximum atomic E-state index is 11.7. The lowest BCUT2D eigenvalue weighted by Crippen LogP contribution is -2.33.